The van der Waals surface area contributed by atoms with Crippen LogP contribution in [0.5, 0.6) is 0 Å². The molecule has 2 amide bonds. The first-order valence-electron chi connectivity index (χ1n) is 4.94. The fourth-order valence-corrected chi connectivity index (χ4v) is 0.785. The molecule has 2 unspecified atom stereocenters. The SMILES string of the molecule is CCC(C)NCC(=O)NCC(O)C(N)=O. The van der Waals surface area contributed by atoms with Crippen LogP contribution in [-0.2, 0) is 9.59 Å². The van der Waals surface area contributed by atoms with Crippen LogP contribution in [0, 0.1) is 0 Å². The Balaban J connectivity index is 3.62. The largest absolute Gasteiger partial charge is 0.381 e. The van der Waals surface area contributed by atoms with Gasteiger partial charge in [0.1, 0.15) is 6.10 Å². The summed E-state index contributed by atoms with van der Waals surface area (Å²) < 4.78 is 0. The molecule has 0 aliphatic heterocycles. The van der Waals surface area contributed by atoms with Gasteiger partial charge in [0.15, 0.2) is 0 Å². The first kappa shape index (κ1) is 13.9. The van der Waals surface area contributed by atoms with Crippen LogP contribution in [0.25, 0.3) is 0 Å². The van der Waals surface area contributed by atoms with Gasteiger partial charge < -0.3 is 21.5 Å². The molecule has 0 saturated carbocycles. The molecule has 0 fully saturated rings. The molecule has 15 heavy (non-hydrogen) atoms. The van der Waals surface area contributed by atoms with Crippen LogP contribution in [0.2, 0.25) is 0 Å². The molecule has 2 atom stereocenters. The number of nitrogens with one attached hydrogen (secondary N) is 2. The Kier molecular flexibility index (Phi) is 6.64. The van der Waals surface area contributed by atoms with Crippen molar-refractivity contribution in [3.05, 3.63) is 0 Å². The third kappa shape index (κ3) is 6.87. The highest BCUT2D eigenvalue weighted by atomic mass is 16.3. The van der Waals surface area contributed by atoms with E-state index in [-0.39, 0.29) is 25.0 Å². The number of aliphatic hydroxyl groups excluding tert-OH is 1. The minimum Gasteiger partial charge on any atom is -0.381 e. The molecule has 6 heteroatoms. The summed E-state index contributed by atoms with van der Waals surface area (Å²) in [6.45, 7) is 3.99. The van der Waals surface area contributed by atoms with Crippen molar-refractivity contribution < 1.29 is 14.7 Å². The zero-order valence-electron chi connectivity index (χ0n) is 9.12. The van der Waals surface area contributed by atoms with E-state index in [0.29, 0.717) is 0 Å². The summed E-state index contributed by atoms with van der Waals surface area (Å²) in [4.78, 5) is 21.6. The van der Waals surface area contributed by atoms with E-state index in [1.54, 1.807) is 0 Å². The summed E-state index contributed by atoms with van der Waals surface area (Å²) in [5.41, 5.74) is 4.81. The van der Waals surface area contributed by atoms with Crippen LogP contribution in [0.1, 0.15) is 20.3 Å². The Labute approximate surface area is 89.2 Å². The van der Waals surface area contributed by atoms with Crippen molar-refractivity contribution in [2.24, 2.45) is 5.73 Å². The van der Waals surface area contributed by atoms with Crippen molar-refractivity contribution in [2.45, 2.75) is 32.4 Å². The maximum absolute atomic E-state index is 11.2. The van der Waals surface area contributed by atoms with Gasteiger partial charge in [-0.25, -0.2) is 0 Å². The zero-order chi connectivity index (χ0) is 11.8. The van der Waals surface area contributed by atoms with Crippen molar-refractivity contribution >= 4 is 11.8 Å². The van der Waals surface area contributed by atoms with Gasteiger partial charge >= 0.3 is 0 Å². The highest BCUT2D eigenvalue weighted by molar-refractivity contribution is 5.81. The smallest absolute Gasteiger partial charge is 0.248 e. The quantitative estimate of drug-likeness (QED) is 0.409. The molecule has 0 saturated heterocycles. The number of rotatable bonds is 7. The molecule has 0 radical (unpaired) electrons. The first-order valence-corrected chi connectivity index (χ1v) is 4.94. The van der Waals surface area contributed by atoms with Crippen LogP contribution in [0.4, 0.5) is 0 Å². The second-order valence-corrected chi connectivity index (χ2v) is 3.41. The molecular weight excluding hydrogens is 198 g/mol. The minimum atomic E-state index is -1.32. The molecule has 0 heterocycles. The van der Waals surface area contributed by atoms with Crippen LogP contribution < -0.4 is 16.4 Å². The van der Waals surface area contributed by atoms with E-state index in [9.17, 15) is 9.59 Å². The van der Waals surface area contributed by atoms with Crippen molar-refractivity contribution in [1.29, 1.82) is 0 Å². The van der Waals surface area contributed by atoms with Gasteiger partial charge in [0.25, 0.3) is 0 Å². The van der Waals surface area contributed by atoms with Gasteiger partial charge in [-0.1, -0.05) is 6.92 Å². The number of nitrogens with two attached hydrogens (primary N) is 1. The minimum absolute atomic E-state index is 0.143. The van der Waals surface area contributed by atoms with E-state index in [1.165, 1.54) is 0 Å². The summed E-state index contributed by atoms with van der Waals surface area (Å²) in [6.07, 6.45) is -0.394. The first-order chi connectivity index (χ1) is 6.97. The predicted octanol–water partition coefficient (Wildman–Crippen LogP) is -1.66. The van der Waals surface area contributed by atoms with Gasteiger partial charge in [-0.2, -0.15) is 0 Å². The maximum atomic E-state index is 11.2. The van der Waals surface area contributed by atoms with E-state index in [1.807, 2.05) is 13.8 Å². The lowest BCUT2D eigenvalue weighted by Gasteiger charge is -2.12. The van der Waals surface area contributed by atoms with E-state index in [0.717, 1.165) is 6.42 Å². The summed E-state index contributed by atoms with van der Waals surface area (Å²) in [5, 5.41) is 14.4. The molecule has 88 valence electrons. The van der Waals surface area contributed by atoms with Crippen molar-refractivity contribution in [1.82, 2.24) is 10.6 Å². The number of carbonyl (C=O) groups excluding carboxylic acids is 2. The monoisotopic (exact) mass is 217 g/mol. The molecule has 0 aromatic carbocycles. The number of primary amides is 1. The van der Waals surface area contributed by atoms with Crippen molar-refractivity contribution in [3.8, 4) is 0 Å². The summed E-state index contributed by atoms with van der Waals surface area (Å²) in [5.74, 6) is -1.11. The Hall–Kier alpha value is -1.14. The molecule has 0 aromatic rings. The topological polar surface area (TPSA) is 104 Å². The summed E-state index contributed by atoms with van der Waals surface area (Å²) in [6, 6.07) is 0.261. The molecular formula is C9H19N3O3. The molecule has 0 aliphatic rings. The van der Waals surface area contributed by atoms with Crippen LogP contribution in [0.15, 0.2) is 0 Å². The van der Waals surface area contributed by atoms with Gasteiger partial charge in [-0.05, 0) is 13.3 Å². The van der Waals surface area contributed by atoms with E-state index >= 15 is 0 Å². The zero-order valence-corrected chi connectivity index (χ0v) is 9.12. The second kappa shape index (κ2) is 7.19. The average Bonchev–Trinajstić information content (AvgIpc) is 2.21. The van der Waals surface area contributed by atoms with Gasteiger partial charge in [-0.15, -0.1) is 0 Å². The number of carbonyl (C=O) groups is 2. The molecule has 0 spiro atoms. The van der Waals surface area contributed by atoms with Crippen LogP contribution in [0.3, 0.4) is 0 Å². The van der Waals surface area contributed by atoms with Crippen molar-refractivity contribution in [2.75, 3.05) is 13.1 Å². The lowest BCUT2D eigenvalue weighted by molar-refractivity contribution is -0.126. The molecule has 0 bridgehead atoms. The van der Waals surface area contributed by atoms with Gasteiger partial charge in [0, 0.05) is 6.04 Å². The standard InChI is InChI=1S/C9H19N3O3/c1-3-6(2)11-5-8(14)12-4-7(13)9(10)15/h6-7,11,13H,3-5H2,1-2H3,(H2,10,15)(H,12,14). The van der Waals surface area contributed by atoms with Gasteiger partial charge in [0.05, 0.1) is 13.1 Å². The normalized spacial score (nSPS) is 14.3. The Morgan fingerprint density at radius 2 is 2.07 bits per heavy atom. The number of amides is 2. The van der Waals surface area contributed by atoms with Crippen LogP contribution in [-0.4, -0.2) is 42.2 Å². The van der Waals surface area contributed by atoms with Gasteiger partial charge in [0.2, 0.25) is 11.8 Å². The highest BCUT2D eigenvalue weighted by Crippen LogP contribution is 1.86. The second-order valence-electron chi connectivity index (χ2n) is 3.41. The highest BCUT2D eigenvalue weighted by Gasteiger charge is 2.12. The van der Waals surface area contributed by atoms with Crippen molar-refractivity contribution in [3.63, 3.8) is 0 Å². The maximum Gasteiger partial charge on any atom is 0.248 e. The molecule has 5 N–H and O–H groups in total. The van der Waals surface area contributed by atoms with Crippen LogP contribution >= 0.6 is 0 Å². The molecule has 0 aliphatic carbocycles. The fourth-order valence-electron chi connectivity index (χ4n) is 0.785. The molecule has 0 rings (SSSR count). The lowest BCUT2D eigenvalue weighted by atomic mass is 10.2. The number of hydrogen-bond donors (Lipinski definition) is 4. The number of hydrogen-bond acceptors (Lipinski definition) is 4. The third-order valence-electron chi connectivity index (χ3n) is 2.04. The predicted molar refractivity (Wildman–Crippen MR) is 56.0 cm³/mol. The number of aliphatic hydroxyl groups is 1. The van der Waals surface area contributed by atoms with E-state index in [4.69, 9.17) is 10.8 Å². The average molecular weight is 217 g/mol. The molecule has 0 aromatic heterocycles. The Bertz CT molecular complexity index is 221. The summed E-state index contributed by atoms with van der Waals surface area (Å²) >= 11 is 0. The van der Waals surface area contributed by atoms with E-state index < -0.39 is 12.0 Å². The lowest BCUT2D eigenvalue weighted by Crippen LogP contribution is -2.44. The Morgan fingerprint density at radius 3 is 2.53 bits per heavy atom. The fraction of sp³-hybridized carbons (Fsp3) is 0.778. The Morgan fingerprint density at radius 1 is 1.47 bits per heavy atom. The van der Waals surface area contributed by atoms with E-state index in [2.05, 4.69) is 10.6 Å². The third-order valence-corrected chi connectivity index (χ3v) is 2.04. The molecule has 6 nitrogen and oxygen atoms in total. The van der Waals surface area contributed by atoms with Gasteiger partial charge in [-0.3, -0.25) is 9.59 Å². The summed E-state index contributed by atoms with van der Waals surface area (Å²) in [7, 11) is 0.